The third-order valence-electron chi connectivity index (χ3n) is 4.79. The van der Waals surface area contributed by atoms with Gasteiger partial charge in [-0.1, -0.05) is 13.8 Å². The number of hydrogen-bond acceptors (Lipinski definition) is 6. The Morgan fingerprint density at radius 1 is 1.23 bits per heavy atom. The first-order chi connectivity index (χ1) is 12.6. The van der Waals surface area contributed by atoms with Crippen LogP contribution in [0.3, 0.4) is 0 Å². The molecule has 142 valence electrons. The molecule has 3 rings (SSSR count). The Morgan fingerprint density at radius 2 is 1.88 bits per heavy atom. The van der Waals surface area contributed by atoms with Crippen LogP contribution in [0.5, 0.6) is 0 Å². The van der Waals surface area contributed by atoms with Crippen LogP contribution < -0.4 is 15.4 Å². The van der Waals surface area contributed by atoms with Gasteiger partial charge in [0.05, 0.1) is 30.7 Å². The second-order valence-corrected chi connectivity index (χ2v) is 7.05. The molecule has 0 amide bonds. The average Bonchev–Trinajstić information content (AvgIpc) is 2.62. The first-order valence-corrected chi connectivity index (χ1v) is 9.56. The molecule has 7 nitrogen and oxygen atoms in total. The number of rotatable bonds is 6. The van der Waals surface area contributed by atoms with Gasteiger partial charge in [0.1, 0.15) is 5.52 Å². The van der Waals surface area contributed by atoms with E-state index in [1.54, 1.807) is 12.3 Å². The van der Waals surface area contributed by atoms with Crippen LogP contribution in [-0.4, -0.2) is 53.3 Å². The zero-order valence-corrected chi connectivity index (χ0v) is 16.2. The van der Waals surface area contributed by atoms with Crippen molar-refractivity contribution in [3.63, 3.8) is 0 Å². The molecule has 1 saturated heterocycles. The Morgan fingerprint density at radius 3 is 2.50 bits per heavy atom. The minimum absolute atomic E-state index is 0.112. The molecule has 0 aromatic carbocycles. The summed E-state index contributed by atoms with van der Waals surface area (Å²) < 4.78 is 5.64. The minimum Gasteiger partial charge on any atom is -0.377 e. The van der Waals surface area contributed by atoms with Crippen molar-refractivity contribution in [1.82, 2.24) is 15.0 Å². The maximum atomic E-state index is 12.7. The number of aromatic nitrogens is 3. The summed E-state index contributed by atoms with van der Waals surface area (Å²) in [5, 5.41) is 0.581. The van der Waals surface area contributed by atoms with E-state index in [9.17, 15) is 4.79 Å². The minimum atomic E-state index is -0.112. The van der Waals surface area contributed by atoms with Crippen LogP contribution in [0, 0.1) is 0 Å². The third-order valence-corrected chi connectivity index (χ3v) is 4.79. The molecule has 7 heteroatoms. The molecule has 2 aromatic heterocycles. The zero-order valence-electron chi connectivity index (χ0n) is 16.2. The molecule has 1 aliphatic heterocycles. The van der Waals surface area contributed by atoms with E-state index in [2.05, 4.69) is 47.5 Å². The Bertz CT molecular complexity index is 790. The first kappa shape index (κ1) is 18.6. The predicted octanol–water partition coefficient (Wildman–Crippen LogP) is 2.56. The van der Waals surface area contributed by atoms with Gasteiger partial charge in [0.15, 0.2) is 5.82 Å². The van der Waals surface area contributed by atoms with Gasteiger partial charge in [-0.05, 0) is 32.8 Å². The van der Waals surface area contributed by atoms with Crippen LogP contribution in [0.15, 0.2) is 17.1 Å². The van der Waals surface area contributed by atoms with Gasteiger partial charge in [-0.2, -0.15) is 0 Å². The van der Waals surface area contributed by atoms with Gasteiger partial charge in [0, 0.05) is 19.3 Å². The number of anilines is 2. The molecule has 0 saturated carbocycles. The summed E-state index contributed by atoms with van der Waals surface area (Å²) in [6, 6.07) is 2.11. The second kappa shape index (κ2) is 8.03. The highest BCUT2D eigenvalue weighted by Gasteiger charge is 2.29. The normalized spacial score (nSPS) is 20.5. The van der Waals surface area contributed by atoms with E-state index < -0.39 is 0 Å². The molecule has 0 bridgehead atoms. The Kier molecular flexibility index (Phi) is 5.76. The van der Waals surface area contributed by atoms with Crippen molar-refractivity contribution in [3.8, 4) is 0 Å². The zero-order chi connectivity index (χ0) is 18.7. The van der Waals surface area contributed by atoms with Gasteiger partial charge in [-0.15, -0.1) is 0 Å². The van der Waals surface area contributed by atoms with Crippen molar-refractivity contribution in [2.75, 3.05) is 36.1 Å². The molecule has 0 aliphatic carbocycles. The van der Waals surface area contributed by atoms with E-state index in [1.807, 2.05) is 0 Å². The summed E-state index contributed by atoms with van der Waals surface area (Å²) in [6.07, 6.45) is 3.69. The van der Waals surface area contributed by atoms with Gasteiger partial charge >= 0.3 is 0 Å². The van der Waals surface area contributed by atoms with E-state index in [1.165, 1.54) is 0 Å². The highest BCUT2D eigenvalue weighted by Crippen LogP contribution is 2.27. The second-order valence-electron chi connectivity index (χ2n) is 7.05. The van der Waals surface area contributed by atoms with Crippen molar-refractivity contribution in [3.05, 3.63) is 22.6 Å². The fourth-order valence-corrected chi connectivity index (χ4v) is 3.66. The summed E-state index contributed by atoms with van der Waals surface area (Å²) in [6.45, 7) is 11.5. The predicted molar refractivity (Wildman–Crippen MR) is 105 cm³/mol. The number of aromatic amines is 1. The summed E-state index contributed by atoms with van der Waals surface area (Å²) in [7, 11) is 0. The van der Waals surface area contributed by atoms with Crippen molar-refractivity contribution in [2.24, 2.45) is 0 Å². The maximum Gasteiger partial charge on any atom is 0.260 e. The van der Waals surface area contributed by atoms with E-state index in [0.717, 1.165) is 31.7 Å². The number of ether oxygens (including phenoxy) is 1. The molecule has 0 radical (unpaired) electrons. The van der Waals surface area contributed by atoms with Crippen molar-refractivity contribution < 1.29 is 4.74 Å². The lowest BCUT2D eigenvalue weighted by atomic mass is 10.1. The molecule has 3 heterocycles. The number of hydrogen-bond donors (Lipinski definition) is 1. The number of nitrogens with one attached hydrogen (secondary N) is 1. The fourth-order valence-electron chi connectivity index (χ4n) is 3.66. The number of nitrogens with zero attached hydrogens (tertiary/aromatic N) is 4. The van der Waals surface area contributed by atoms with E-state index in [4.69, 9.17) is 9.72 Å². The van der Waals surface area contributed by atoms with E-state index >= 15 is 0 Å². The van der Waals surface area contributed by atoms with E-state index in [-0.39, 0.29) is 17.6 Å². The van der Waals surface area contributed by atoms with Crippen molar-refractivity contribution in [1.29, 1.82) is 0 Å². The number of morpholine rings is 1. The molecule has 2 aromatic rings. The van der Waals surface area contributed by atoms with Gasteiger partial charge in [-0.3, -0.25) is 9.78 Å². The Hall–Kier alpha value is -2.15. The lowest BCUT2D eigenvalue weighted by Gasteiger charge is -2.39. The quantitative estimate of drug-likeness (QED) is 0.854. The van der Waals surface area contributed by atoms with Crippen molar-refractivity contribution in [2.45, 2.75) is 52.6 Å². The summed E-state index contributed by atoms with van der Waals surface area (Å²) in [5.41, 5.74) is 0.559. The smallest absolute Gasteiger partial charge is 0.260 e. The Balaban J connectivity index is 2.14. The maximum absolute atomic E-state index is 12.7. The van der Waals surface area contributed by atoms with Gasteiger partial charge < -0.3 is 14.5 Å². The summed E-state index contributed by atoms with van der Waals surface area (Å²) >= 11 is 0. The summed E-state index contributed by atoms with van der Waals surface area (Å²) in [5.74, 6) is 1.40. The standard InChI is InChI=1S/C19H29N5O2/c1-5-9-23(10-6-2)19-21-16-15(18(25)22-19)7-8-20-17(16)24-13(3)11-26-12-14(24)4/h7-8,13-14H,5-6,9-12H2,1-4H3,(H,21,22,25)/t13-,14+. The lowest BCUT2D eigenvalue weighted by molar-refractivity contribution is 0.0753. The monoisotopic (exact) mass is 359 g/mol. The van der Waals surface area contributed by atoms with Gasteiger partial charge in [0.25, 0.3) is 5.56 Å². The molecule has 1 fully saturated rings. The number of fused-ring (bicyclic) bond motifs is 1. The highest BCUT2D eigenvalue weighted by molar-refractivity contribution is 5.88. The lowest BCUT2D eigenvalue weighted by Crippen LogP contribution is -2.50. The van der Waals surface area contributed by atoms with Crippen molar-refractivity contribution >= 4 is 22.7 Å². The van der Waals surface area contributed by atoms with Crippen LogP contribution in [0.25, 0.3) is 10.9 Å². The van der Waals surface area contributed by atoms with Gasteiger partial charge in [-0.25, -0.2) is 9.97 Å². The SMILES string of the molecule is CCCN(CCC)c1nc2c(N3[C@H](C)COC[C@@H]3C)nccc2c(=O)[nH]1. The average molecular weight is 359 g/mol. The summed E-state index contributed by atoms with van der Waals surface area (Å²) in [4.78, 5) is 29.5. The van der Waals surface area contributed by atoms with Crippen LogP contribution >= 0.6 is 0 Å². The van der Waals surface area contributed by atoms with Crippen LogP contribution in [-0.2, 0) is 4.74 Å². The molecule has 26 heavy (non-hydrogen) atoms. The third kappa shape index (κ3) is 3.53. The molecular weight excluding hydrogens is 330 g/mol. The van der Waals surface area contributed by atoms with Crippen LogP contribution in [0.4, 0.5) is 11.8 Å². The topological polar surface area (TPSA) is 74.4 Å². The molecule has 1 aliphatic rings. The first-order valence-electron chi connectivity index (χ1n) is 9.56. The molecule has 0 spiro atoms. The molecule has 2 atom stereocenters. The molecular formula is C19H29N5O2. The molecule has 1 N–H and O–H groups in total. The molecule has 0 unspecified atom stereocenters. The van der Waals surface area contributed by atoms with E-state index in [0.29, 0.717) is 30.1 Å². The van der Waals surface area contributed by atoms with Gasteiger partial charge in [0.2, 0.25) is 5.95 Å². The highest BCUT2D eigenvalue weighted by atomic mass is 16.5. The van der Waals surface area contributed by atoms with Crippen LogP contribution in [0.1, 0.15) is 40.5 Å². The largest absolute Gasteiger partial charge is 0.377 e. The number of pyridine rings is 1. The Labute approximate surface area is 154 Å². The van der Waals surface area contributed by atoms with Crippen LogP contribution in [0.2, 0.25) is 0 Å². The number of H-pyrrole nitrogens is 1. The fraction of sp³-hybridized carbons (Fsp3) is 0.632.